The first-order valence-electron chi connectivity index (χ1n) is 5.98. The minimum Gasteiger partial charge on any atom is -0.452 e. The zero-order chi connectivity index (χ0) is 13.2. The molecule has 0 spiro atoms. The van der Waals surface area contributed by atoms with Gasteiger partial charge in [-0.3, -0.25) is 4.79 Å². The zero-order valence-corrected chi connectivity index (χ0v) is 10.9. The predicted octanol–water partition coefficient (Wildman–Crippen LogP) is 4.51. The van der Waals surface area contributed by atoms with Crippen molar-refractivity contribution in [3.05, 3.63) is 71.1 Å². The molecule has 0 amide bonds. The van der Waals surface area contributed by atoms with Crippen LogP contribution in [0.5, 0.6) is 0 Å². The molecule has 0 unspecified atom stereocenters. The van der Waals surface area contributed by atoms with Gasteiger partial charge in [-0.2, -0.15) is 0 Å². The molecule has 0 saturated carbocycles. The first-order chi connectivity index (χ1) is 9.24. The molecule has 94 valence electrons. The van der Waals surface area contributed by atoms with Crippen molar-refractivity contribution in [3.63, 3.8) is 0 Å². The van der Waals surface area contributed by atoms with E-state index in [1.54, 1.807) is 6.07 Å². The van der Waals surface area contributed by atoms with Gasteiger partial charge in [0.2, 0.25) is 5.22 Å². The smallest absolute Gasteiger partial charge is 0.203 e. The summed E-state index contributed by atoms with van der Waals surface area (Å²) in [5.74, 6) is -0.0333. The number of hydrogen-bond acceptors (Lipinski definition) is 2. The Bertz CT molecular complexity index is 743. The quantitative estimate of drug-likeness (QED) is 0.656. The average Bonchev–Trinajstić information content (AvgIpc) is 2.85. The predicted molar refractivity (Wildman–Crippen MR) is 75.7 cm³/mol. The second-order valence-electron chi connectivity index (χ2n) is 4.39. The standard InChI is InChI=1S/C16H11ClO2/c17-16-14(7-8-19-16)15(18)10-11-5-6-12-3-1-2-4-13(12)9-11/h1-9H,10H2. The van der Waals surface area contributed by atoms with E-state index in [4.69, 9.17) is 16.0 Å². The number of Topliss-reactive ketones (excluding diaryl/α,β-unsaturated/α-hetero) is 1. The number of rotatable bonds is 3. The second-order valence-corrected chi connectivity index (χ2v) is 4.73. The van der Waals surface area contributed by atoms with Crippen molar-refractivity contribution in [2.45, 2.75) is 6.42 Å². The largest absolute Gasteiger partial charge is 0.452 e. The van der Waals surface area contributed by atoms with Crippen molar-refractivity contribution in [1.29, 1.82) is 0 Å². The molecule has 2 aromatic carbocycles. The van der Waals surface area contributed by atoms with Crippen LogP contribution in [0.1, 0.15) is 15.9 Å². The highest BCUT2D eigenvalue weighted by Gasteiger charge is 2.13. The van der Waals surface area contributed by atoms with Crippen LogP contribution in [-0.4, -0.2) is 5.78 Å². The van der Waals surface area contributed by atoms with Crippen LogP contribution in [0.15, 0.2) is 59.2 Å². The van der Waals surface area contributed by atoms with Gasteiger partial charge in [0.1, 0.15) is 0 Å². The summed E-state index contributed by atoms with van der Waals surface area (Å²) in [5, 5.41) is 2.46. The minimum absolute atomic E-state index is 0.0333. The summed E-state index contributed by atoms with van der Waals surface area (Å²) < 4.78 is 4.94. The molecule has 3 rings (SSSR count). The van der Waals surface area contributed by atoms with Crippen LogP contribution in [0.2, 0.25) is 5.22 Å². The van der Waals surface area contributed by atoms with Crippen molar-refractivity contribution in [2.75, 3.05) is 0 Å². The maximum Gasteiger partial charge on any atom is 0.203 e. The molecule has 0 N–H and O–H groups in total. The first-order valence-corrected chi connectivity index (χ1v) is 6.36. The molecule has 0 aliphatic heterocycles. The number of benzene rings is 2. The van der Waals surface area contributed by atoms with Gasteiger partial charge >= 0.3 is 0 Å². The monoisotopic (exact) mass is 270 g/mol. The number of carbonyl (C=O) groups is 1. The van der Waals surface area contributed by atoms with Crippen LogP contribution >= 0.6 is 11.6 Å². The summed E-state index contributed by atoms with van der Waals surface area (Å²) in [7, 11) is 0. The number of fused-ring (bicyclic) bond motifs is 1. The third-order valence-electron chi connectivity index (χ3n) is 3.10. The highest BCUT2D eigenvalue weighted by molar-refractivity contribution is 6.32. The summed E-state index contributed by atoms with van der Waals surface area (Å²) in [4.78, 5) is 12.1. The van der Waals surface area contributed by atoms with E-state index >= 15 is 0 Å². The molecule has 0 bridgehead atoms. The summed E-state index contributed by atoms with van der Waals surface area (Å²) in [6.45, 7) is 0. The van der Waals surface area contributed by atoms with Crippen molar-refractivity contribution in [3.8, 4) is 0 Å². The van der Waals surface area contributed by atoms with E-state index in [-0.39, 0.29) is 11.0 Å². The Balaban J connectivity index is 1.89. The van der Waals surface area contributed by atoms with E-state index in [1.807, 2.05) is 42.5 Å². The van der Waals surface area contributed by atoms with Gasteiger partial charge in [-0.1, -0.05) is 42.5 Å². The topological polar surface area (TPSA) is 30.2 Å². The molecule has 1 heterocycles. The second kappa shape index (κ2) is 4.90. The summed E-state index contributed by atoms with van der Waals surface area (Å²) in [6.07, 6.45) is 1.75. The van der Waals surface area contributed by atoms with E-state index < -0.39 is 0 Å². The van der Waals surface area contributed by atoms with Gasteiger partial charge in [0, 0.05) is 6.42 Å². The lowest BCUT2D eigenvalue weighted by Gasteiger charge is -2.02. The molecule has 19 heavy (non-hydrogen) atoms. The molecule has 0 radical (unpaired) electrons. The first kappa shape index (κ1) is 12.0. The maximum atomic E-state index is 12.1. The molecule has 3 aromatic rings. The number of ketones is 1. The van der Waals surface area contributed by atoms with Gasteiger partial charge < -0.3 is 4.42 Å². The van der Waals surface area contributed by atoms with Crippen LogP contribution in [0.3, 0.4) is 0 Å². The fourth-order valence-electron chi connectivity index (χ4n) is 2.12. The Kier molecular flexibility index (Phi) is 3.10. The summed E-state index contributed by atoms with van der Waals surface area (Å²) >= 11 is 5.81. The van der Waals surface area contributed by atoms with Crippen LogP contribution in [0.25, 0.3) is 10.8 Å². The van der Waals surface area contributed by atoms with Crippen LogP contribution in [0.4, 0.5) is 0 Å². The number of carbonyl (C=O) groups excluding carboxylic acids is 1. The summed E-state index contributed by atoms with van der Waals surface area (Å²) in [6, 6.07) is 15.7. The number of halogens is 1. The normalized spacial score (nSPS) is 10.8. The maximum absolute atomic E-state index is 12.1. The Morgan fingerprint density at radius 2 is 1.84 bits per heavy atom. The van der Waals surface area contributed by atoms with Crippen LogP contribution < -0.4 is 0 Å². The molecule has 0 atom stereocenters. The highest BCUT2D eigenvalue weighted by atomic mass is 35.5. The molecular weight excluding hydrogens is 260 g/mol. The fourth-order valence-corrected chi connectivity index (χ4v) is 2.34. The van der Waals surface area contributed by atoms with E-state index in [2.05, 4.69) is 0 Å². The minimum atomic E-state index is -0.0333. The Morgan fingerprint density at radius 1 is 1.05 bits per heavy atom. The van der Waals surface area contributed by atoms with Gasteiger partial charge in [0.05, 0.1) is 11.8 Å². The SMILES string of the molecule is O=C(Cc1ccc2ccccc2c1)c1ccoc1Cl. The highest BCUT2D eigenvalue weighted by Crippen LogP contribution is 2.21. The third-order valence-corrected chi connectivity index (χ3v) is 3.39. The summed E-state index contributed by atoms with van der Waals surface area (Å²) in [5.41, 5.74) is 1.41. The molecule has 0 saturated heterocycles. The Hall–Kier alpha value is -2.06. The van der Waals surface area contributed by atoms with Crippen molar-refractivity contribution in [2.24, 2.45) is 0 Å². The van der Waals surface area contributed by atoms with E-state index in [9.17, 15) is 4.79 Å². The van der Waals surface area contributed by atoms with E-state index in [1.165, 1.54) is 11.6 Å². The van der Waals surface area contributed by atoms with Crippen LogP contribution in [0, 0.1) is 0 Å². The molecule has 0 aliphatic carbocycles. The lowest BCUT2D eigenvalue weighted by atomic mass is 10.0. The van der Waals surface area contributed by atoms with Gasteiger partial charge in [-0.25, -0.2) is 0 Å². The Labute approximate surface area is 115 Å². The lowest BCUT2D eigenvalue weighted by Crippen LogP contribution is -2.02. The Morgan fingerprint density at radius 3 is 2.58 bits per heavy atom. The molecule has 2 nitrogen and oxygen atoms in total. The van der Waals surface area contributed by atoms with E-state index in [0.717, 1.165) is 10.9 Å². The molecule has 0 fully saturated rings. The van der Waals surface area contributed by atoms with Crippen LogP contribution in [-0.2, 0) is 6.42 Å². The molecular formula is C16H11ClO2. The third kappa shape index (κ3) is 2.40. The van der Waals surface area contributed by atoms with Crippen molar-refractivity contribution in [1.82, 2.24) is 0 Å². The average molecular weight is 271 g/mol. The van der Waals surface area contributed by atoms with Gasteiger partial charge in [0.25, 0.3) is 0 Å². The number of furan rings is 1. The van der Waals surface area contributed by atoms with Crippen molar-refractivity contribution >= 4 is 28.2 Å². The van der Waals surface area contributed by atoms with Gasteiger partial charge in [0.15, 0.2) is 5.78 Å². The van der Waals surface area contributed by atoms with Gasteiger partial charge in [-0.05, 0) is 34.0 Å². The molecule has 0 aliphatic rings. The van der Waals surface area contributed by atoms with E-state index in [0.29, 0.717) is 12.0 Å². The zero-order valence-electron chi connectivity index (χ0n) is 10.1. The van der Waals surface area contributed by atoms with Crippen molar-refractivity contribution < 1.29 is 9.21 Å². The fraction of sp³-hybridized carbons (Fsp3) is 0.0625. The molecule has 3 heteroatoms. The lowest BCUT2D eigenvalue weighted by molar-refractivity contribution is 0.0992. The number of hydrogen-bond donors (Lipinski definition) is 0. The van der Waals surface area contributed by atoms with Gasteiger partial charge in [-0.15, -0.1) is 0 Å². The molecule has 1 aromatic heterocycles.